The van der Waals surface area contributed by atoms with Crippen molar-refractivity contribution in [1.29, 1.82) is 0 Å². The smallest absolute Gasteiger partial charge is 0.0524 e. The lowest BCUT2D eigenvalue weighted by atomic mass is 10.2. The highest BCUT2D eigenvalue weighted by atomic mass is 32.1. The monoisotopic (exact) mass is 225 g/mol. The van der Waals surface area contributed by atoms with Crippen LogP contribution in [0.2, 0.25) is 0 Å². The predicted octanol–water partition coefficient (Wildman–Crippen LogP) is 2.48. The van der Waals surface area contributed by atoms with E-state index in [1.165, 1.54) is 17.7 Å². The Morgan fingerprint density at radius 2 is 2.40 bits per heavy atom. The first-order valence-corrected chi connectivity index (χ1v) is 6.58. The molecular weight excluding hydrogens is 206 g/mol. The maximum atomic E-state index is 9.31. The summed E-state index contributed by atoms with van der Waals surface area (Å²) >= 11 is 1.83. The zero-order valence-electron chi connectivity index (χ0n) is 9.22. The van der Waals surface area contributed by atoms with Crippen molar-refractivity contribution in [1.82, 2.24) is 4.90 Å². The topological polar surface area (TPSA) is 23.5 Å². The summed E-state index contributed by atoms with van der Waals surface area (Å²) in [6, 6.07) is 5.09. The van der Waals surface area contributed by atoms with Crippen LogP contribution in [0, 0.1) is 0 Å². The van der Waals surface area contributed by atoms with Crippen molar-refractivity contribution >= 4 is 11.3 Å². The highest BCUT2D eigenvalue weighted by Gasteiger charge is 2.28. The molecule has 0 aromatic carbocycles. The van der Waals surface area contributed by atoms with E-state index < -0.39 is 0 Å². The Morgan fingerprint density at radius 3 is 2.93 bits per heavy atom. The summed E-state index contributed by atoms with van der Waals surface area (Å²) in [7, 11) is 0. The van der Waals surface area contributed by atoms with Crippen molar-refractivity contribution < 1.29 is 5.11 Å². The van der Waals surface area contributed by atoms with E-state index in [9.17, 15) is 5.11 Å². The van der Waals surface area contributed by atoms with Gasteiger partial charge in [0.25, 0.3) is 0 Å². The second-order valence-electron chi connectivity index (χ2n) is 4.42. The number of hydrogen-bond acceptors (Lipinski definition) is 3. The van der Waals surface area contributed by atoms with Crippen molar-refractivity contribution in [2.24, 2.45) is 0 Å². The zero-order chi connectivity index (χ0) is 10.7. The van der Waals surface area contributed by atoms with E-state index in [1.54, 1.807) is 0 Å². The van der Waals surface area contributed by atoms with Crippen LogP contribution in [0.3, 0.4) is 0 Å². The second kappa shape index (κ2) is 5.10. The Bertz CT molecular complexity index is 280. The van der Waals surface area contributed by atoms with Gasteiger partial charge in [0.2, 0.25) is 0 Å². The lowest BCUT2D eigenvalue weighted by Gasteiger charge is -2.21. The van der Waals surface area contributed by atoms with E-state index in [2.05, 4.69) is 22.4 Å². The van der Waals surface area contributed by atoms with Gasteiger partial charge in [0, 0.05) is 24.0 Å². The van der Waals surface area contributed by atoms with Gasteiger partial charge >= 0.3 is 0 Å². The molecule has 15 heavy (non-hydrogen) atoms. The van der Waals surface area contributed by atoms with Crippen LogP contribution >= 0.6 is 11.3 Å². The van der Waals surface area contributed by atoms with Gasteiger partial charge in [0.15, 0.2) is 0 Å². The maximum Gasteiger partial charge on any atom is 0.0524 e. The standard InChI is InChI=1S/C12H19NOS/c1-10(14)6-7-13(11-4-5-11)9-12-3-2-8-15-12/h2-3,8,10-11,14H,4-7,9H2,1H3. The van der Waals surface area contributed by atoms with Crippen molar-refractivity contribution in [2.75, 3.05) is 6.54 Å². The van der Waals surface area contributed by atoms with Gasteiger partial charge in [-0.1, -0.05) is 6.07 Å². The fourth-order valence-electron chi connectivity index (χ4n) is 1.79. The number of aliphatic hydroxyl groups excluding tert-OH is 1. The molecule has 1 aliphatic carbocycles. The minimum atomic E-state index is -0.172. The van der Waals surface area contributed by atoms with E-state index >= 15 is 0 Å². The van der Waals surface area contributed by atoms with Crippen LogP contribution in [0.1, 0.15) is 31.1 Å². The van der Waals surface area contributed by atoms with Gasteiger partial charge < -0.3 is 5.11 Å². The van der Waals surface area contributed by atoms with Crippen molar-refractivity contribution in [3.05, 3.63) is 22.4 Å². The van der Waals surface area contributed by atoms with E-state index in [1.807, 2.05) is 18.3 Å². The molecule has 1 heterocycles. The minimum absolute atomic E-state index is 0.172. The van der Waals surface area contributed by atoms with Crippen LogP contribution in [-0.4, -0.2) is 28.7 Å². The lowest BCUT2D eigenvalue weighted by molar-refractivity contribution is 0.150. The Kier molecular flexibility index (Phi) is 3.78. The summed E-state index contributed by atoms with van der Waals surface area (Å²) in [5.74, 6) is 0. The number of hydrogen-bond donors (Lipinski definition) is 1. The van der Waals surface area contributed by atoms with E-state index in [-0.39, 0.29) is 6.10 Å². The third-order valence-electron chi connectivity index (χ3n) is 2.84. The molecule has 1 unspecified atom stereocenters. The number of aliphatic hydroxyl groups is 1. The molecule has 0 aliphatic heterocycles. The molecule has 0 spiro atoms. The quantitative estimate of drug-likeness (QED) is 0.804. The average molecular weight is 225 g/mol. The molecule has 3 heteroatoms. The molecule has 1 atom stereocenters. The first-order chi connectivity index (χ1) is 7.25. The van der Waals surface area contributed by atoms with Crippen LogP contribution in [0.15, 0.2) is 17.5 Å². The third kappa shape index (κ3) is 3.59. The third-order valence-corrected chi connectivity index (χ3v) is 3.70. The molecule has 1 aromatic heterocycles. The summed E-state index contributed by atoms with van der Waals surface area (Å²) in [6.07, 6.45) is 3.40. The Hall–Kier alpha value is -0.380. The van der Waals surface area contributed by atoms with Crippen LogP contribution in [0.25, 0.3) is 0 Å². The lowest BCUT2D eigenvalue weighted by Crippen LogP contribution is -2.28. The van der Waals surface area contributed by atoms with Crippen LogP contribution in [0.4, 0.5) is 0 Å². The molecule has 0 saturated heterocycles. The van der Waals surface area contributed by atoms with E-state index in [0.29, 0.717) is 0 Å². The summed E-state index contributed by atoms with van der Waals surface area (Å²) in [5, 5.41) is 11.4. The molecule has 1 saturated carbocycles. The Balaban J connectivity index is 1.83. The van der Waals surface area contributed by atoms with Gasteiger partial charge in [-0.15, -0.1) is 11.3 Å². The SMILES string of the molecule is CC(O)CCN(Cc1cccs1)C1CC1. The summed E-state index contributed by atoms with van der Waals surface area (Å²) < 4.78 is 0. The molecule has 0 amide bonds. The first-order valence-electron chi connectivity index (χ1n) is 5.70. The van der Waals surface area contributed by atoms with Gasteiger partial charge in [-0.2, -0.15) is 0 Å². The molecule has 1 aliphatic rings. The summed E-state index contributed by atoms with van der Waals surface area (Å²) in [5.41, 5.74) is 0. The maximum absolute atomic E-state index is 9.31. The number of nitrogens with zero attached hydrogens (tertiary/aromatic N) is 1. The van der Waals surface area contributed by atoms with Gasteiger partial charge in [0.05, 0.1) is 6.10 Å². The molecule has 2 nitrogen and oxygen atoms in total. The zero-order valence-corrected chi connectivity index (χ0v) is 10.0. The molecule has 2 rings (SSSR count). The van der Waals surface area contributed by atoms with Gasteiger partial charge in [-0.25, -0.2) is 0 Å². The van der Waals surface area contributed by atoms with Crippen LogP contribution < -0.4 is 0 Å². The van der Waals surface area contributed by atoms with Gasteiger partial charge in [-0.05, 0) is 37.6 Å². The van der Waals surface area contributed by atoms with E-state index in [4.69, 9.17) is 0 Å². The van der Waals surface area contributed by atoms with Gasteiger partial charge in [0.1, 0.15) is 0 Å². The number of rotatable bonds is 6. The Morgan fingerprint density at radius 1 is 1.60 bits per heavy atom. The molecule has 0 bridgehead atoms. The molecule has 0 radical (unpaired) electrons. The summed E-state index contributed by atoms with van der Waals surface area (Å²) in [6.45, 7) is 3.96. The van der Waals surface area contributed by atoms with E-state index in [0.717, 1.165) is 25.6 Å². The number of thiophene rings is 1. The van der Waals surface area contributed by atoms with Crippen LogP contribution in [-0.2, 0) is 6.54 Å². The highest BCUT2D eigenvalue weighted by molar-refractivity contribution is 7.09. The fraction of sp³-hybridized carbons (Fsp3) is 0.667. The molecule has 1 fully saturated rings. The molecule has 1 N–H and O–H groups in total. The van der Waals surface area contributed by atoms with Crippen molar-refractivity contribution in [2.45, 2.75) is 44.9 Å². The van der Waals surface area contributed by atoms with Crippen molar-refractivity contribution in [3.8, 4) is 0 Å². The molecule has 84 valence electrons. The average Bonchev–Trinajstić information content (AvgIpc) is 2.91. The van der Waals surface area contributed by atoms with Gasteiger partial charge in [-0.3, -0.25) is 4.90 Å². The predicted molar refractivity (Wildman–Crippen MR) is 64.0 cm³/mol. The Labute approximate surface area is 95.5 Å². The highest BCUT2D eigenvalue weighted by Crippen LogP contribution is 2.29. The molecular formula is C12H19NOS. The largest absolute Gasteiger partial charge is 0.393 e. The fourth-order valence-corrected chi connectivity index (χ4v) is 2.52. The second-order valence-corrected chi connectivity index (χ2v) is 5.45. The van der Waals surface area contributed by atoms with Crippen molar-refractivity contribution in [3.63, 3.8) is 0 Å². The summed E-state index contributed by atoms with van der Waals surface area (Å²) in [4.78, 5) is 3.95. The molecule has 1 aromatic rings. The van der Waals surface area contributed by atoms with Crippen LogP contribution in [0.5, 0.6) is 0 Å². The normalized spacial score (nSPS) is 18.3. The minimum Gasteiger partial charge on any atom is -0.393 e. The first kappa shape index (κ1) is 11.1.